The van der Waals surface area contributed by atoms with Crippen LogP contribution in [-0.4, -0.2) is 28.2 Å². The molecule has 7 heteroatoms. The van der Waals surface area contributed by atoms with Crippen molar-refractivity contribution in [2.24, 2.45) is 0 Å². The van der Waals surface area contributed by atoms with Gasteiger partial charge in [0, 0.05) is 45.4 Å². The number of aryl methyl sites for hydroxylation is 2. The second kappa shape index (κ2) is 9.54. The molecule has 0 bridgehead atoms. The van der Waals surface area contributed by atoms with Gasteiger partial charge in [-0.15, -0.1) is 0 Å². The molecular formula is C29H33FN2O4. The highest BCUT2D eigenvalue weighted by molar-refractivity contribution is 5.70. The van der Waals surface area contributed by atoms with Crippen LogP contribution < -0.4 is 4.73 Å². The topological polar surface area (TPSA) is 76.7 Å². The van der Waals surface area contributed by atoms with Crippen molar-refractivity contribution in [3.8, 4) is 11.1 Å². The molecule has 1 N–H and O–H groups in total. The summed E-state index contributed by atoms with van der Waals surface area (Å²) in [6, 6.07) is 17.4. The maximum atomic E-state index is 13.6. The van der Waals surface area contributed by atoms with Crippen molar-refractivity contribution in [2.75, 3.05) is 6.54 Å². The molecule has 4 rings (SSSR count). The fourth-order valence-corrected chi connectivity index (χ4v) is 5.09. The second-order valence-electron chi connectivity index (χ2n) is 10.4. The van der Waals surface area contributed by atoms with Gasteiger partial charge in [0.15, 0.2) is 11.4 Å². The van der Waals surface area contributed by atoms with Gasteiger partial charge in [0.05, 0.1) is 11.6 Å². The first kappa shape index (κ1) is 25.6. The molecule has 1 fully saturated rings. The van der Waals surface area contributed by atoms with E-state index in [1.54, 1.807) is 44.7 Å². The Labute approximate surface area is 211 Å². The van der Waals surface area contributed by atoms with E-state index in [0.29, 0.717) is 29.9 Å². The Kier molecular flexibility index (Phi) is 6.80. The van der Waals surface area contributed by atoms with Gasteiger partial charge >= 0.3 is 6.09 Å². The van der Waals surface area contributed by atoms with Crippen molar-refractivity contribution in [3.63, 3.8) is 0 Å². The van der Waals surface area contributed by atoms with E-state index in [2.05, 4.69) is 0 Å². The molecule has 1 aliphatic heterocycles. The molecule has 1 amide bonds. The minimum Gasteiger partial charge on any atom is -0.618 e. The molecule has 2 atom stereocenters. The zero-order valence-electron chi connectivity index (χ0n) is 21.4. The number of carbonyl (C=O) groups is 1. The van der Waals surface area contributed by atoms with Crippen LogP contribution in [0.1, 0.15) is 62.2 Å². The Bertz CT molecular complexity index is 1230. The molecule has 0 radical (unpaired) electrons. The summed E-state index contributed by atoms with van der Waals surface area (Å²) in [5.74, 6) is -0.369. The van der Waals surface area contributed by atoms with Crippen LogP contribution in [0.3, 0.4) is 0 Å². The Morgan fingerprint density at radius 1 is 1.08 bits per heavy atom. The Hall–Kier alpha value is -3.45. The third-order valence-electron chi connectivity index (χ3n) is 6.93. The standard InChI is InChI=1S/C29H33FN2O4/c1-19-16-24(17-20(2)32(19)35)23-8-6-22(7-9-23)21(3)31-15-14-29(36-27(31)33,18-28(4,5)34)25-10-12-26(30)13-11-25/h6-13,16-17,21,34H,14-15,18H2,1-5H3/t21-,29?/m0/s1. The van der Waals surface area contributed by atoms with Crippen molar-refractivity contribution < 1.29 is 23.8 Å². The van der Waals surface area contributed by atoms with E-state index in [-0.39, 0.29) is 18.3 Å². The number of hydrogen-bond donors (Lipinski definition) is 1. The summed E-state index contributed by atoms with van der Waals surface area (Å²) in [7, 11) is 0. The van der Waals surface area contributed by atoms with E-state index in [9.17, 15) is 19.5 Å². The number of aliphatic hydroxyl groups is 1. The average Bonchev–Trinajstić information content (AvgIpc) is 2.81. The van der Waals surface area contributed by atoms with Crippen LogP contribution in [-0.2, 0) is 10.3 Å². The third-order valence-corrected chi connectivity index (χ3v) is 6.93. The quantitative estimate of drug-likeness (QED) is 0.354. The summed E-state index contributed by atoms with van der Waals surface area (Å²) in [6.45, 7) is 9.30. The molecule has 0 aliphatic carbocycles. The number of pyridine rings is 1. The first-order chi connectivity index (χ1) is 16.9. The Morgan fingerprint density at radius 2 is 1.67 bits per heavy atom. The van der Waals surface area contributed by atoms with E-state index < -0.39 is 17.3 Å². The number of ether oxygens (including phenoxy) is 1. The number of carbonyl (C=O) groups excluding carboxylic acids is 1. The number of rotatable bonds is 6. The van der Waals surface area contributed by atoms with Crippen LogP contribution in [0.25, 0.3) is 11.1 Å². The van der Waals surface area contributed by atoms with E-state index in [1.807, 2.05) is 43.3 Å². The van der Waals surface area contributed by atoms with Crippen LogP contribution >= 0.6 is 0 Å². The smallest absolute Gasteiger partial charge is 0.411 e. The van der Waals surface area contributed by atoms with E-state index in [1.165, 1.54) is 12.1 Å². The molecule has 2 heterocycles. The van der Waals surface area contributed by atoms with Crippen molar-refractivity contribution >= 4 is 6.09 Å². The first-order valence-electron chi connectivity index (χ1n) is 12.2. The number of aromatic nitrogens is 1. The summed E-state index contributed by atoms with van der Waals surface area (Å²) in [6.07, 6.45) is 0.197. The van der Waals surface area contributed by atoms with Crippen molar-refractivity contribution in [1.29, 1.82) is 0 Å². The summed E-state index contributed by atoms with van der Waals surface area (Å²) >= 11 is 0. The maximum absolute atomic E-state index is 13.6. The zero-order chi connectivity index (χ0) is 26.3. The molecule has 3 aromatic rings. The Balaban J connectivity index is 1.55. The van der Waals surface area contributed by atoms with Gasteiger partial charge in [-0.25, -0.2) is 9.18 Å². The lowest BCUT2D eigenvalue weighted by Gasteiger charge is -2.45. The number of halogens is 1. The van der Waals surface area contributed by atoms with Gasteiger partial charge in [0.25, 0.3) is 0 Å². The van der Waals surface area contributed by atoms with Crippen LogP contribution in [0, 0.1) is 24.9 Å². The maximum Gasteiger partial charge on any atom is 0.411 e. The van der Waals surface area contributed by atoms with Crippen LogP contribution in [0.4, 0.5) is 9.18 Å². The van der Waals surface area contributed by atoms with Gasteiger partial charge < -0.3 is 20.0 Å². The van der Waals surface area contributed by atoms with Crippen molar-refractivity contribution in [3.05, 3.63) is 94.2 Å². The fourth-order valence-electron chi connectivity index (χ4n) is 5.09. The van der Waals surface area contributed by atoms with Gasteiger partial charge in [-0.1, -0.05) is 36.4 Å². The van der Waals surface area contributed by atoms with Crippen LogP contribution in [0.5, 0.6) is 0 Å². The number of cyclic esters (lactones) is 1. The highest BCUT2D eigenvalue weighted by atomic mass is 19.1. The first-order valence-corrected chi connectivity index (χ1v) is 12.2. The average molecular weight is 493 g/mol. The summed E-state index contributed by atoms with van der Waals surface area (Å²) in [4.78, 5) is 14.9. The normalized spacial score (nSPS) is 19.2. The zero-order valence-corrected chi connectivity index (χ0v) is 21.4. The molecule has 1 aromatic heterocycles. The predicted octanol–water partition coefficient (Wildman–Crippen LogP) is 5.70. The number of amides is 1. The SMILES string of the molecule is Cc1cc(-c2ccc([C@H](C)N3CCC(CC(C)(C)O)(c4ccc(F)cc4)OC3=O)cc2)cc(C)[n+]1[O-]. The lowest BCUT2D eigenvalue weighted by Crippen LogP contribution is -2.51. The highest BCUT2D eigenvalue weighted by Crippen LogP contribution is 2.42. The number of benzene rings is 2. The number of hydrogen-bond acceptors (Lipinski definition) is 4. The minimum absolute atomic E-state index is 0.202. The van der Waals surface area contributed by atoms with Gasteiger partial charge in [-0.2, -0.15) is 4.73 Å². The van der Waals surface area contributed by atoms with Gasteiger partial charge in [0.2, 0.25) is 0 Å². The van der Waals surface area contributed by atoms with Crippen LogP contribution in [0.2, 0.25) is 0 Å². The molecule has 0 spiro atoms. The molecule has 6 nitrogen and oxygen atoms in total. The van der Waals surface area contributed by atoms with E-state index in [4.69, 9.17) is 4.74 Å². The molecule has 190 valence electrons. The van der Waals surface area contributed by atoms with E-state index >= 15 is 0 Å². The largest absolute Gasteiger partial charge is 0.618 e. The van der Waals surface area contributed by atoms with Gasteiger partial charge in [0.1, 0.15) is 11.4 Å². The Morgan fingerprint density at radius 3 is 2.19 bits per heavy atom. The van der Waals surface area contributed by atoms with Crippen molar-refractivity contribution in [2.45, 2.75) is 64.7 Å². The molecule has 1 unspecified atom stereocenters. The van der Waals surface area contributed by atoms with Gasteiger partial charge in [-0.05, 0) is 55.2 Å². The van der Waals surface area contributed by atoms with Gasteiger partial charge in [-0.3, -0.25) is 0 Å². The lowest BCUT2D eigenvalue weighted by molar-refractivity contribution is -0.619. The summed E-state index contributed by atoms with van der Waals surface area (Å²) < 4.78 is 20.5. The molecular weight excluding hydrogens is 459 g/mol. The molecule has 1 saturated heterocycles. The fraction of sp³-hybridized carbons (Fsp3) is 0.379. The summed E-state index contributed by atoms with van der Waals surface area (Å²) in [5.41, 5.74) is 2.72. The molecule has 1 aliphatic rings. The monoisotopic (exact) mass is 492 g/mol. The van der Waals surface area contributed by atoms with Crippen molar-refractivity contribution in [1.82, 2.24) is 4.90 Å². The second-order valence-corrected chi connectivity index (χ2v) is 10.4. The van der Waals surface area contributed by atoms with Crippen LogP contribution in [0.15, 0.2) is 60.7 Å². The molecule has 36 heavy (non-hydrogen) atoms. The van der Waals surface area contributed by atoms with E-state index in [0.717, 1.165) is 21.4 Å². The summed E-state index contributed by atoms with van der Waals surface area (Å²) in [5, 5.41) is 22.5. The lowest BCUT2D eigenvalue weighted by atomic mass is 9.80. The minimum atomic E-state index is -1.09. The highest BCUT2D eigenvalue weighted by Gasteiger charge is 2.46. The molecule has 0 saturated carbocycles. The third kappa shape index (κ3) is 5.21. The number of nitrogens with zero attached hydrogens (tertiary/aromatic N) is 2. The predicted molar refractivity (Wildman–Crippen MR) is 136 cm³/mol. The molecule has 2 aromatic carbocycles.